The van der Waals surface area contributed by atoms with E-state index >= 15 is 0 Å². The summed E-state index contributed by atoms with van der Waals surface area (Å²) in [7, 11) is 0. The van der Waals surface area contributed by atoms with Crippen LogP contribution in [0.3, 0.4) is 0 Å². The third-order valence-corrected chi connectivity index (χ3v) is 4.88. The average Bonchev–Trinajstić information content (AvgIpc) is 2.75. The number of piperidine rings is 1. The minimum absolute atomic E-state index is 0.0239. The zero-order valence-corrected chi connectivity index (χ0v) is 13.0. The Kier molecular flexibility index (Phi) is 3.84. The van der Waals surface area contributed by atoms with Gasteiger partial charge in [0.15, 0.2) is 5.69 Å². The van der Waals surface area contributed by atoms with E-state index in [9.17, 15) is 13.6 Å². The van der Waals surface area contributed by atoms with Crippen molar-refractivity contribution in [2.45, 2.75) is 25.5 Å². The molecule has 0 aliphatic carbocycles. The Morgan fingerprint density at radius 3 is 2.79 bits per heavy atom. The number of nitrogens with zero attached hydrogens (tertiary/aromatic N) is 3. The summed E-state index contributed by atoms with van der Waals surface area (Å²) < 4.78 is 29.3. The summed E-state index contributed by atoms with van der Waals surface area (Å²) >= 11 is 0. The smallest absolute Gasteiger partial charge is 0.387 e. The van der Waals surface area contributed by atoms with E-state index in [4.69, 9.17) is 0 Å². The first kappa shape index (κ1) is 15.3. The monoisotopic (exact) mass is 336 g/mol. The Bertz CT molecular complexity index is 756. The molecule has 3 aliphatic rings. The van der Waals surface area contributed by atoms with Gasteiger partial charge in [0.25, 0.3) is 5.91 Å². The second-order valence-corrected chi connectivity index (χ2v) is 6.23. The highest BCUT2D eigenvalue weighted by atomic mass is 19.3. The zero-order valence-electron chi connectivity index (χ0n) is 13.0. The number of carbonyl (C=O) groups is 1. The lowest BCUT2D eigenvalue weighted by Gasteiger charge is -2.31. The van der Waals surface area contributed by atoms with Gasteiger partial charge >= 0.3 is 6.61 Å². The lowest BCUT2D eigenvalue weighted by Crippen LogP contribution is -2.41. The van der Waals surface area contributed by atoms with Crippen molar-refractivity contribution in [3.8, 4) is 5.75 Å². The standard InChI is InChI=1S/C16H18F2N4O2/c17-16(18)24-11-1-2-13-12(9-11)14(20-19-13)15(23)22-8-7-21-5-3-10(22)4-6-21/h1-2,9-10,16H,3-8H2,(H,19,20). The number of carbonyl (C=O) groups excluding carboxylic acids is 1. The molecule has 2 bridgehead atoms. The predicted molar refractivity (Wildman–Crippen MR) is 83.2 cm³/mol. The lowest BCUT2D eigenvalue weighted by molar-refractivity contribution is -0.0497. The molecule has 0 spiro atoms. The first-order chi connectivity index (χ1) is 11.6. The molecule has 0 unspecified atom stereocenters. The maximum atomic E-state index is 13.0. The highest BCUT2D eigenvalue weighted by Crippen LogP contribution is 2.27. The highest BCUT2D eigenvalue weighted by molar-refractivity contribution is 6.05. The van der Waals surface area contributed by atoms with Crippen LogP contribution in [0.25, 0.3) is 10.9 Å². The lowest BCUT2D eigenvalue weighted by atomic mass is 10.0. The molecule has 4 heterocycles. The molecule has 1 N–H and O–H groups in total. The quantitative estimate of drug-likeness (QED) is 0.932. The van der Waals surface area contributed by atoms with E-state index in [-0.39, 0.29) is 23.4 Å². The molecule has 1 aromatic carbocycles. The van der Waals surface area contributed by atoms with Gasteiger partial charge in [-0.25, -0.2) is 0 Å². The Labute approximate surface area is 137 Å². The summed E-state index contributed by atoms with van der Waals surface area (Å²) in [6.07, 6.45) is 1.93. The molecule has 3 fully saturated rings. The topological polar surface area (TPSA) is 61.5 Å². The normalized spacial score (nSPS) is 23.7. The number of alkyl halides is 2. The number of halogens is 2. The Balaban J connectivity index is 1.66. The molecule has 0 saturated carbocycles. The van der Waals surface area contributed by atoms with Crippen LogP contribution in [0.2, 0.25) is 0 Å². The molecule has 128 valence electrons. The maximum Gasteiger partial charge on any atom is 0.387 e. The molecule has 3 aliphatic heterocycles. The third-order valence-electron chi connectivity index (χ3n) is 4.88. The van der Waals surface area contributed by atoms with Crippen LogP contribution < -0.4 is 4.74 Å². The van der Waals surface area contributed by atoms with Crippen LogP contribution in [0.1, 0.15) is 23.3 Å². The van der Waals surface area contributed by atoms with Crippen LogP contribution in [0.15, 0.2) is 18.2 Å². The number of rotatable bonds is 3. The number of hydrogen-bond acceptors (Lipinski definition) is 4. The van der Waals surface area contributed by atoms with Crippen LogP contribution >= 0.6 is 0 Å². The van der Waals surface area contributed by atoms with Crippen molar-refractivity contribution in [3.63, 3.8) is 0 Å². The van der Waals surface area contributed by atoms with Gasteiger partial charge in [0.1, 0.15) is 5.75 Å². The Morgan fingerprint density at radius 2 is 2.04 bits per heavy atom. The summed E-state index contributed by atoms with van der Waals surface area (Å²) in [6.45, 7) is 0.670. The van der Waals surface area contributed by atoms with Crippen molar-refractivity contribution >= 4 is 16.8 Å². The minimum atomic E-state index is -2.90. The van der Waals surface area contributed by atoms with Gasteiger partial charge in [-0.05, 0) is 31.0 Å². The van der Waals surface area contributed by atoms with Gasteiger partial charge in [0, 0.05) is 37.6 Å². The van der Waals surface area contributed by atoms with Crippen LogP contribution in [-0.4, -0.2) is 64.7 Å². The van der Waals surface area contributed by atoms with Gasteiger partial charge in [0.05, 0.1) is 5.52 Å². The van der Waals surface area contributed by atoms with E-state index < -0.39 is 6.61 Å². The maximum absolute atomic E-state index is 13.0. The molecule has 1 amide bonds. The van der Waals surface area contributed by atoms with Crippen LogP contribution in [0, 0.1) is 0 Å². The summed E-state index contributed by atoms with van der Waals surface area (Å²) in [5.74, 6) is -0.125. The highest BCUT2D eigenvalue weighted by Gasteiger charge is 2.33. The number of fused-ring (bicyclic) bond motifs is 5. The molecule has 1 aromatic heterocycles. The molecular formula is C16H18F2N4O2. The van der Waals surface area contributed by atoms with Gasteiger partial charge in [-0.1, -0.05) is 0 Å². The van der Waals surface area contributed by atoms with E-state index in [1.807, 2.05) is 4.90 Å². The van der Waals surface area contributed by atoms with E-state index in [0.717, 1.165) is 32.5 Å². The average molecular weight is 336 g/mol. The Hall–Kier alpha value is -2.22. The molecule has 5 rings (SSSR count). The Morgan fingerprint density at radius 1 is 1.25 bits per heavy atom. The minimum Gasteiger partial charge on any atom is -0.435 e. The second-order valence-electron chi connectivity index (χ2n) is 6.23. The fourth-order valence-corrected chi connectivity index (χ4v) is 3.62. The van der Waals surface area contributed by atoms with E-state index in [2.05, 4.69) is 19.8 Å². The molecule has 24 heavy (non-hydrogen) atoms. The van der Waals surface area contributed by atoms with Crippen molar-refractivity contribution in [2.75, 3.05) is 26.2 Å². The first-order valence-corrected chi connectivity index (χ1v) is 8.08. The fourth-order valence-electron chi connectivity index (χ4n) is 3.62. The third kappa shape index (κ3) is 2.71. The fraction of sp³-hybridized carbons (Fsp3) is 0.500. The number of nitrogens with one attached hydrogen (secondary N) is 1. The number of amides is 1. The predicted octanol–water partition coefficient (Wildman–Crippen LogP) is 2.08. The van der Waals surface area contributed by atoms with Gasteiger partial charge in [-0.15, -0.1) is 0 Å². The van der Waals surface area contributed by atoms with E-state index in [1.165, 1.54) is 12.1 Å². The molecule has 0 radical (unpaired) electrons. The number of aromatic amines is 1. The van der Waals surface area contributed by atoms with Crippen LogP contribution in [-0.2, 0) is 0 Å². The van der Waals surface area contributed by atoms with Crippen LogP contribution in [0.5, 0.6) is 5.75 Å². The van der Waals surface area contributed by atoms with Gasteiger partial charge < -0.3 is 14.5 Å². The SMILES string of the molecule is O=C(c1n[nH]c2ccc(OC(F)F)cc12)N1CCN2CCC1CC2. The van der Waals surface area contributed by atoms with E-state index in [1.54, 1.807) is 6.07 Å². The molecule has 8 heteroatoms. The summed E-state index contributed by atoms with van der Waals surface area (Å²) in [4.78, 5) is 17.2. The van der Waals surface area contributed by atoms with Crippen molar-refractivity contribution in [3.05, 3.63) is 23.9 Å². The number of H-pyrrole nitrogens is 1. The van der Waals surface area contributed by atoms with Gasteiger partial charge in [0.2, 0.25) is 0 Å². The summed E-state index contributed by atoms with van der Waals surface area (Å²) in [6, 6.07) is 4.69. The molecular weight excluding hydrogens is 318 g/mol. The summed E-state index contributed by atoms with van der Waals surface area (Å²) in [5.41, 5.74) is 0.896. The first-order valence-electron chi connectivity index (χ1n) is 8.08. The largest absolute Gasteiger partial charge is 0.435 e. The van der Waals surface area contributed by atoms with E-state index in [0.29, 0.717) is 17.4 Å². The number of benzene rings is 1. The molecule has 6 nitrogen and oxygen atoms in total. The molecule has 2 aromatic rings. The van der Waals surface area contributed by atoms with Crippen LogP contribution in [0.4, 0.5) is 8.78 Å². The van der Waals surface area contributed by atoms with Gasteiger partial charge in [-0.2, -0.15) is 13.9 Å². The van der Waals surface area contributed by atoms with Crippen molar-refractivity contribution in [1.82, 2.24) is 20.0 Å². The molecule has 3 saturated heterocycles. The van der Waals surface area contributed by atoms with Crippen molar-refractivity contribution < 1.29 is 18.3 Å². The summed E-state index contributed by atoms with van der Waals surface area (Å²) in [5, 5.41) is 7.44. The number of aromatic nitrogens is 2. The second kappa shape index (κ2) is 6.01. The molecule has 0 atom stereocenters. The number of ether oxygens (including phenoxy) is 1. The van der Waals surface area contributed by atoms with Gasteiger partial charge in [-0.3, -0.25) is 9.89 Å². The number of hydrogen-bond donors (Lipinski definition) is 1. The van der Waals surface area contributed by atoms with Crippen molar-refractivity contribution in [1.29, 1.82) is 0 Å². The van der Waals surface area contributed by atoms with Crippen molar-refractivity contribution in [2.24, 2.45) is 0 Å². The zero-order chi connectivity index (χ0) is 16.7.